The van der Waals surface area contributed by atoms with Crippen LogP contribution in [0.1, 0.15) is 47.2 Å². The molecule has 3 aliphatic rings. The summed E-state index contributed by atoms with van der Waals surface area (Å²) in [6.45, 7) is 3.29. The lowest BCUT2D eigenvalue weighted by Gasteiger charge is -2.34. The number of halogens is 3. The van der Waals surface area contributed by atoms with Crippen LogP contribution in [0.15, 0.2) is 6.20 Å². The number of aliphatic carboxylic acids is 1. The molecule has 4 rings (SSSR count). The van der Waals surface area contributed by atoms with Crippen molar-refractivity contribution in [2.24, 2.45) is 0 Å². The number of fused-ring (bicyclic) bond motifs is 1. The molecule has 11 heteroatoms. The lowest BCUT2D eigenvalue weighted by Crippen LogP contribution is -2.40. The van der Waals surface area contributed by atoms with Crippen LogP contribution in [0.5, 0.6) is 0 Å². The maximum Gasteiger partial charge on any atom is 0.490 e. The van der Waals surface area contributed by atoms with E-state index in [2.05, 4.69) is 15.2 Å². The minimum absolute atomic E-state index is 0.384. The average molecular weight is 431 g/mol. The van der Waals surface area contributed by atoms with Crippen molar-refractivity contribution >= 4 is 17.8 Å². The number of carboxylic acid groups (broad SMARTS) is 2. The molecule has 1 aromatic heterocycles. The largest absolute Gasteiger partial charge is 0.490 e. The molecule has 1 aliphatic carbocycles. The number of carboxylic acids is 2. The van der Waals surface area contributed by atoms with Gasteiger partial charge in [0.25, 0.3) is 0 Å². The number of pyridine rings is 1. The van der Waals surface area contributed by atoms with Crippen LogP contribution in [0.3, 0.4) is 0 Å². The van der Waals surface area contributed by atoms with Gasteiger partial charge in [0.1, 0.15) is 11.4 Å². The molecular formula is C19H24F3N3O5. The highest BCUT2D eigenvalue weighted by Crippen LogP contribution is 2.31. The summed E-state index contributed by atoms with van der Waals surface area (Å²) >= 11 is 0. The van der Waals surface area contributed by atoms with E-state index in [1.807, 2.05) is 6.20 Å². The first kappa shape index (κ1) is 22.3. The third-order valence-corrected chi connectivity index (χ3v) is 5.62. The molecule has 1 saturated heterocycles. The molecule has 8 nitrogen and oxygen atoms in total. The van der Waals surface area contributed by atoms with E-state index in [0.717, 1.165) is 63.1 Å². The van der Waals surface area contributed by atoms with Crippen molar-refractivity contribution in [3.8, 4) is 0 Å². The molecule has 2 fully saturated rings. The number of aromatic nitrogens is 1. The van der Waals surface area contributed by atoms with Crippen LogP contribution in [-0.4, -0.2) is 70.1 Å². The van der Waals surface area contributed by atoms with E-state index in [1.54, 1.807) is 0 Å². The zero-order valence-corrected chi connectivity index (χ0v) is 16.2. The first-order valence-corrected chi connectivity index (χ1v) is 9.79. The van der Waals surface area contributed by atoms with Gasteiger partial charge in [-0.25, -0.2) is 14.6 Å². The summed E-state index contributed by atoms with van der Waals surface area (Å²) in [6.07, 6.45) is 2.04. The number of nitrogens with one attached hydrogen (secondary N) is 1. The highest BCUT2D eigenvalue weighted by atomic mass is 19.4. The van der Waals surface area contributed by atoms with E-state index in [4.69, 9.17) is 14.6 Å². The van der Waals surface area contributed by atoms with E-state index in [9.17, 15) is 23.1 Å². The maximum absolute atomic E-state index is 11.8. The van der Waals surface area contributed by atoms with Crippen molar-refractivity contribution in [1.82, 2.24) is 9.88 Å². The monoisotopic (exact) mass is 431 g/mol. The van der Waals surface area contributed by atoms with Gasteiger partial charge in [0.05, 0.1) is 6.61 Å². The van der Waals surface area contributed by atoms with Gasteiger partial charge >= 0.3 is 18.1 Å². The lowest BCUT2D eigenvalue weighted by atomic mass is 9.91. The number of hydrogen-bond donors (Lipinski definition) is 3. The SMILES string of the molecule is O=C(O)C(F)(F)F.O=C(O)c1c(NC2CCC2)ncc2c1CCN(C1CCOC1)C2. The molecule has 1 aromatic rings. The molecule has 1 unspecified atom stereocenters. The third-order valence-electron chi connectivity index (χ3n) is 5.62. The third kappa shape index (κ3) is 5.20. The standard InChI is InChI=1S/C17H23N3O3.C2HF3O2/c21-17(22)15-14-4-6-20(13-5-7-23-10-13)9-11(14)8-18-16(15)19-12-2-1-3-12;3-2(4,5)1(6)7/h8,12-13H,1-7,9-10H2,(H,18,19)(H,21,22);(H,6,7). The van der Waals surface area contributed by atoms with Crippen LogP contribution in [0.2, 0.25) is 0 Å². The number of hydrogen-bond acceptors (Lipinski definition) is 6. The Morgan fingerprint density at radius 1 is 1.23 bits per heavy atom. The van der Waals surface area contributed by atoms with Gasteiger partial charge in [-0.05, 0) is 43.2 Å². The van der Waals surface area contributed by atoms with Gasteiger partial charge in [-0.2, -0.15) is 13.2 Å². The lowest BCUT2D eigenvalue weighted by molar-refractivity contribution is -0.192. The first-order valence-electron chi connectivity index (χ1n) is 9.79. The van der Waals surface area contributed by atoms with Gasteiger partial charge in [-0.3, -0.25) is 4.90 Å². The average Bonchev–Trinajstić information content (AvgIpc) is 3.18. The molecule has 1 saturated carbocycles. The number of aromatic carboxylic acids is 1. The number of alkyl halides is 3. The van der Waals surface area contributed by atoms with E-state index in [-0.39, 0.29) is 0 Å². The molecule has 2 aliphatic heterocycles. The maximum atomic E-state index is 11.8. The van der Waals surface area contributed by atoms with E-state index >= 15 is 0 Å². The molecule has 0 radical (unpaired) electrons. The molecule has 0 amide bonds. The Kier molecular flexibility index (Phi) is 6.81. The van der Waals surface area contributed by atoms with Gasteiger partial charge in [-0.15, -0.1) is 0 Å². The summed E-state index contributed by atoms with van der Waals surface area (Å²) in [5.74, 6) is -3.07. The predicted octanol–water partition coefficient (Wildman–Crippen LogP) is 2.52. The molecule has 3 N–H and O–H groups in total. The molecule has 30 heavy (non-hydrogen) atoms. The predicted molar refractivity (Wildman–Crippen MR) is 99.5 cm³/mol. The van der Waals surface area contributed by atoms with Crippen molar-refractivity contribution in [2.75, 3.05) is 25.1 Å². The number of ether oxygens (including phenoxy) is 1. The van der Waals surface area contributed by atoms with Gasteiger partial charge < -0.3 is 20.3 Å². The fraction of sp³-hybridized carbons (Fsp3) is 0.632. The fourth-order valence-corrected chi connectivity index (χ4v) is 3.77. The second-order valence-corrected chi connectivity index (χ2v) is 7.60. The minimum Gasteiger partial charge on any atom is -0.478 e. The van der Waals surface area contributed by atoms with Crippen molar-refractivity contribution < 1.29 is 37.7 Å². The van der Waals surface area contributed by atoms with Crippen molar-refractivity contribution in [1.29, 1.82) is 0 Å². The van der Waals surface area contributed by atoms with Crippen molar-refractivity contribution in [3.63, 3.8) is 0 Å². The van der Waals surface area contributed by atoms with Gasteiger partial charge in [0, 0.05) is 38.0 Å². The Labute approximate surface area is 171 Å². The van der Waals surface area contributed by atoms with Crippen LogP contribution in [0, 0.1) is 0 Å². The summed E-state index contributed by atoms with van der Waals surface area (Å²) in [4.78, 5) is 27.6. The minimum atomic E-state index is -5.08. The molecule has 3 heterocycles. The van der Waals surface area contributed by atoms with E-state index < -0.39 is 18.1 Å². The quantitative estimate of drug-likeness (QED) is 0.667. The Morgan fingerprint density at radius 3 is 2.43 bits per heavy atom. The highest BCUT2D eigenvalue weighted by Gasteiger charge is 2.38. The second kappa shape index (κ2) is 9.17. The Morgan fingerprint density at radius 2 is 1.93 bits per heavy atom. The van der Waals surface area contributed by atoms with Crippen LogP contribution >= 0.6 is 0 Å². The number of anilines is 1. The Hall–Kier alpha value is -2.40. The zero-order chi connectivity index (χ0) is 21.9. The number of rotatable bonds is 4. The van der Waals surface area contributed by atoms with Crippen LogP contribution in [0.4, 0.5) is 19.0 Å². The van der Waals surface area contributed by atoms with E-state index in [0.29, 0.717) is 23.5 Å². The van der Waals surface area contributed by atoms with Crippen LogP contribution < -0.4 is 5.32 Å². The highest BCUT2D eigenvalue weighted by molar-refractivity contribution is 5.95. The molecule has 0 aromatic carbocycles. The Bertz CT molecular complexity index is 792. The van der Waals surface area contributed by atoms with Crippen molar-refractivity contribution in [2.45, 2.75) is 56.9 Å². The molecule has 166 valence electrons. The van der Waals surface area contributed by atoms with Crippen LogP contribution in [-0.2, 0) is 22.5 Å². The topological polar surface area (TPSA) is 112 Å². The molecule has 1 atom stereocenters. The summed E-state index contributed by atoms with van der Waals surface area (Å²) in [5, 5.41) is 20.1. The summed E-state index contributed by atoms with van der Waals surface area (Å²) in [7, 11) is 0. The molecular weight excluding hydrogens is 407 g/mol. The van der Waals surface area contributed by atoms with Gasteiger partial charge in [-0.1, -0.05) is 0 Å². The summed E-state index contributed by atoms with van der Waals surface area (Å²) < 4.78 is 37.2. The van der Waals surface area contributed by atoms with Crippen molar-refractivity contribution in [3.05, 3.63) is 22.9 Å². The Balaban J connectivity index is 0.000000318. The summed E-state index contributed by atoms with van der Waals surface area (Å²) in [5.41, 5.74) is 2.40. The molecule has 0 bridgehead atoms. The molecule has 0 spiro atoms. The van der Waals surface area contributed by atoms with Crippen LogP contribution in [0.25, 0.3) is 0 Å². The van der Waals surface area contributed by atoms with Gasteiger partial charge in [0.2, 0.25) is 0 Å². The van der Waals surface area contributed by atoms with Gasteiger partial charge in [0.15, 0.2) is 0 Å². The normalized spacial score (nSPS) is 21.8. The zero-order valence-electron chi connectivity index (χ0n) is 16.2. The smallest absolute Gasteiger partial charge is 0.478 e. The number of nitrogens with zero attached hydrogens (tertiary/aromatic N) is 2. The first-order chi connectivity index (χ1) is 14.2. The fourth-order valence-electron chi connectivity index (χ4n) is 3.77. The number of carbonyl (C=O) groups is 2. The summed E-state index contributed by atoms with van der Waals surface area (Å²) in [6, 6.07) is 0.846. The van der Waals surface area contributed by atoms with E-state index in [1.165, 1.54) is 6.42 Å². The second-order valence-electron chi connectivity index (χ2n) is 7.60.